The first-order valence-corrected chi connectivity index (χ1v) is 7.62. The summed E-state index contributed by atoms with van der Waals surface area (Å²) in [6, 6.07) is 4.84. The molecule has 2 heterocycles. The molecule has 4 nitrogen and oxygen atoms in total. The van der Waals surface area contributed by atoms with E-state index in [1.165, 1.54) is 12.0 Å². The van der Waals surface area contributed by atoms with Crippen LogP contribution in [0.25, 0.3) is 0 Å². The van der Waals surface area contributed by atoms with Gasteiger partial charge in [-0.05, 0) is 18.4 Å². The van der Waals surface area contributed by atoms with E-state index in [1.54, 1.807) is 0 Å². The number of nitrogens with zero attached hydrogens (tertiary/aromatic N) is 2. The van der Waals surface area contributed by atoms with E-state index in [2.05, 4.69) is 39.0 Å². The number of thiophene rings is 1. The van der Waals surface area contributed by atoms with Gasteiger partial charge in [0.15, 0.2) is 0 Å². The second-order valence-corrected chi connectivity index (χ2v) is 6.06. The highest BCUT2D eigenvalue weighted by molar-refractivity contribution is 7.09. The maximum Gasteiger partial charge on any atom is 0.306 e. The maximum absolute atomic E-state index is 11.2. The Balaban J connectivity index is 1.76. The minimum absolute atomic E-state index is 0.117. The first-order chi connectivity index (χ1) is 9.19. The van der Waals surface area contributed by atoms with Crippen LogP contribution < -0.4 is 0 Å². The van der Waals surface area contributed by atoms with E-state index in [9.17, 15) is 4.79 Å². The van der Waals surface area contributed by atoms with Crippen molar-refractivity contribution in [1.82, 2.24) is 9.80 Å². The molecule has 0 N–H and O–H groups in total. The standard InChI is InChI=1S/C14H22N2O2S/c1-12-10-15(6-5-14(17)18-2)7-8-16(12)11-13-4-3-9-19-13/h3-4,9,12H,5-8,10-11H2,1-2H3/t12-/m1/s1. The van der Waals surface area contributed by atoms with Gasteiger partial charge >= 0.3 is 5.97 Å². The highest BCUT2D eigenvalue weighted by Crippen LogP contribution is 2.17. The molecule has 0 bridgehead atoms. The molecule has 0 saturated carbocycles. The number of methoxy groups -OCH3 is 1. The van der Waals surface area contributed by atoms with Gasteiger partial charge in [-0.1, -0.05) is 6.07 Å². The summed E-state index contributed by atoms with van der Waals surface area (Å²) >= 11 is 1.82. The molecule has 0 unspecified atom stereocenters. The Kier molecular flexibility index (Phi) is 5.36. The Bertz CT molecular complexity index is 394. The van der Waals surface area contributed by atoms with Gasteiger partial charge in [0.05, 0.1) is 13.5 Å². The summed E-state index contributed by atoms with van der Waals surface area (Å²) in [5.74, 6) is -0.117. The number of ether oxygens (including phenoxy) is 1. The lowest BCUT2D eigenvalue weighted by Gasteiger charge is -2.39. The number of piperazine rings is 1. The van der Waals surface area contributed by atoms with Crippen molar-refractivity contribution in [3.05, 3.63) is 22.4 Å². The van der Waals surface area contributed by atoms with E-state index < -0.39 is 0 Å². The fourth-order valence-electron chi connectivity index (χ4n) is 2.46. The van der Waals surface area contributed by atoms with Gasteiger partial charge in [-0.15, -0.1) is 11.3 Å². The molecule has 1 aliphatic rings. The molecular weight excluding hydrogens is 260 g/mol. The lowest BCUT2D eigenvalue weighted by atomic mass is 10.2. The maximum atomic E-state index is 11.2. The van der Waals surface area contributed by atoms with E-state index in [-0.39, 0.29) is 5.97 Å². The lowest BCUT2D eigenvalue weighted by molar-refractivity contribution is -0.141. The highest BCUT2D eigenvalue weighted by atomic mass is 32.1. The van der Waals surface area contributed by atoms with E-state index in [0.717, 1.165) is 32.7 Å². The monoisotopic (exact) mass is 282 g/mol. The molecule has 0 radical (unpaired) electrons. The predicted molar refractivity (Wildman–Crippen MR) is 77.3 cm³/mol. The summed E-state index contributed by atoms with van der Waals surface area (Å²) in [4.78, 5) is 17.4. The Morgan fingerprint density at radius 3 is 3.00 bits per heavy atom. The van der Waals surface area contributed by atoms with Crippen LogP contribution in [0.15, 0.2) is 17.5 Å². The molecule has 0 spiro atoms. The smallest absolute Gasteiger partial charge is 0.306 e. The third-order valence-corrected chi connectivity index (χ3v) is 4.51. The number of carbonyl (C=O) groups excluding carboxylic acids is 1. The number of hydrogen-bond donors (Lipinski definition) is 0. The fourth-order valence-corrected chi connectivity index (χ4v) is 3.19. The van der Waals surface area contributed by atoms with Crippen LogP contribution in [0.4, 0.5) is 0 Å². The van der Waals surface area contributed by atoms with Gasteiger partial charge in [0.25, 0.3) is 0 Å². The molecule has 2 rings (SSSR count). The van der Waals surface area contributed by atoms with Crippen LogP contribution in [-0.4, -0.2) is 55.1 Å². The molecule has 1 atom stereocenters. The number of rotatable bonds is 5. The number of esters is 1. The fraction of sp³-hybridized carbons (Fsp3) is 0.643. The van der Waals surface area contributed by atoms with Crippen molar-refractivity contribution in [1.29, 1.82) is 0 Å². The van der Waals surface area contributed by atoms with Gasteiger partial charge in [0.2, 0.25) is 0 Å². The number of carbonyl (C=O) groups is 1. The molecule has 0 aliphatic carbocycles. The summed E-state index contributed by atoms with van der Waals surface area (Å²) in [7, 11) is 1.45. The van der Waals surface area contributed by atoms with Crippen molar-refractivity contribution in [2.75, 3.05) is 33.3 Å². The van der Waals surface area contributed by atoms with E-state index >= 15 is 0 Å². The van der Waals surface area contributed by atoms with Crippen LogP contribution >= 0.6 is 11.3 Å². The van der Waals surface area contributed by atoms with Gasteiger partial charge in [-0.3, -0.25) is 14.6 Å². The van der Waals surface area contributed by atoms with Crippen molar-refractivity contribution in [2.45, 2.75) is 25.9 Å². The predicted octanol–water partition coefficient (Wildman–Crippen LogP) is 1.82. The van der Waals surface area contributed by atoms with Gasteiger partial charge in [0, 0.05) is 43.6 Å². The van der Waals surface area contributed by atoms with E-state index in [0.29, 0.717) is 12.5 Å². The second-order valence-electron chi connectivity index (χ2n) is 5.03. The minimum atomic E-state index is -0.117. The van der Waals surface area contributed by atoms with Crippen molar-refractivity contribution in [3.63, 3.8) is 0 Å². The molecule has 19 heavy (non-hydrogen) atoms. The zero-order chi connectivity index (χ0) is 13.7. The third kappa shape index (κ3) is 4.30. The normalized spacial score (nSPS) is 21.5. The van der Waals surface area contributed by atoms with Crippen LogP contribution in [0.2, 0.25) is 0 Å². The van der Waals surface area contributed by atoms with Crippen LogP contribution in [0, 0.1) is 0 Å². The topological polar surface area (TPSA) is 32.8 Å². The van der Waals surface area contributed by atoms with Gasteiger partial charge in [-0.2, -0.15) is 0 Å². The quantitative estimate of drug-likeness (QED) is 0.771. The van der Waals surface area contributed by atoms with Crippen molar-refractivity contribution in [2.24, 2.45) is 0 Å². The molecule has 0 aromatic carbocycles. The molecule has 0 amide bonds. The Morgan fingerprint density at radius 1 is 1.53 bits per heavy atom. The van der Waals surface area contributed by atoms with E-state index in [4.69, 9.17) is 0 Å². The Labute approximate surface area is 119 Å². The largest absolute Gasteiger partial charge is 0.469 e. The zero-order valence-corrected chi connectivity index (χ0v) is 12.5. The van der Waals surface area contributed by atoms with Gasteiger partial charge in [-0.25, -0.2) is 0 Å². The summed E-state index contributed by atoms with van der Waals surface area (Å²) in [5, 5.41) is 2.13. The average Bonchev–Trinajstić information content (AvgIpc) is 2.91. The first-order valence-electron chi connectivity index (χ1n) is 6.74. The Morgan fingerprint density at radius 2 is 2.37 bits per heavy atom. The lowest BCUT2D eigenvalue weighted by Crippen LogP contribution is -2.51. The molecular formula is C14H22N2O2S. The average molecular weight is 282 g/mol. The molecule has 1 fully saturated rings. The first kappa shape index (κ1) is 14.5. The summed E-state index contributed by atoms with van der Waals surface area (Å²) in [6.45, 7) is 7.25. The van der Waals surface area contributed by atoms with Gasteiger partial charge < -0.3 is 4.74 Å². The van der Waals surface area contributed by atoms with Crippen LogP contribution in [0.5, 0.6) is 0 Å². The SMILES string of the molecule is COC(=O)CCN1CCN(Cc2cccs2)[C@H](C)C1. The molecule has 1 aliphatic heterocycles. The second kappa shape index (κ2) is 7.03. The summed E-state index contributed by atoms with van der Waals surface area (Å²) < 4.78 is 4.68. The third-order valence-electron chi connectivity index (χ3n) is 3.65. The zero-order valence-electron chi connectivity index (χ0n) is 11.7. The van der Waals surface area contributed by atoms with Crippen LogP contribution in [0.3, 0.4) is 0 Å². The minimum Gasteiger partial charge on any atom is -0.469 e. The number of hydrogen-bond acceptors (Lipinski definition) is 5. The molecule has 1 aromatic heterocycles. The molecule has 1 aromatic rings. The van der Waals surface area contributed by atoms with Crippen molar-refractivity contribution in [3.8, 4) is 0 Å². The summed E-state index contributed by atoms with van der Waals surface area (Å²) in [5.41, 5.74) is 0. The molecule has 106 valence electrons. The molecule has 1 saturated heterocycles. The van der Waals surface area contributed by atoms with Crippen LogP contribution in [-0.2, 0) is 16.1 Å². The highest BCUT2D eigenvalue weighted by Gasteiger charge is 2.24. The molecule has 5 heteroatoms. The van der Waals surface area contributed by atoms with Crippen LogP contribution in [0.1, 0.15) is 18.2 Å². The summed E-state index contributed by atoms with van der Waals surface area (Å²) in [6.07, 6.45) is 0.494. The van der Waals surface area contributed by atoms with E-state index in [1.807, 2.05) is 11.3 Å². The van der Waals surface area contributed by atoms with Crippen molar-refractivity contribution >= 4 is 17.3 Å². The van der Waals surface area contributed by atoms with Crippen molar-refractivity contribution < 1.29 is 9.53 Å². The Hall–Kier alpha value is -0.910. The van der Waals surface area contributed by atoms with Gasteiger partial charge in [0.1, 0.15) is 0 Å².